The zero-order valence-electron chi connectivity index (χ0n) is 9.44. The molecule has 3 heteroatoms. The van der Waals surface area contributed by atoms with Crippen LogP contribution in [0.5, 0.6) is 0 Å². The van der Waals surface area contributed by atoms with E-state index >= 15 is 0 Å². The maximum atomic E-state index is 4.34. The largest absolute Gasteiger partial charge is 0.358 e. The first-order valence-electron chi connectivity index (χ1n) is 4.48. The van der Waals surface area contributed by atoms with Crippen molar-refractivity contribution in [2.75, 3.05) is 0 Å². The fraction of sp³-hybridized carbons (Fsp3) is 0.250. The molecule has 0 bridgehead atoms. The fourth-order valence-electron chi connectivity index (χ4n) is 1.48. The van der Waals surface area contributed by atoms with Crippen molar-refractivity contribution in [3.05, 3.63) is 43.6 Å². The van der Waals surface area contributed by atoms with Gasteiger partial charge in [-0.15, -0.1) is 0 Å². The maximum absolute atomic E-state index is 4.34. The van der Waals surface area contributed by atoms with E-state index in [1.807, 2.05) is 12.1 Å². The number of aromatic nitrogens is 2. The van der Waals surface area contributed by atoms with Gasteiger partial charge in [-0.25, -0.2) is 0 Å². The van der Waals surface area contributed by atoms with E-state index in [9.17, 15) is 0 Å². The van der Waals surface area contributed by atoms with Crippen LogP contribution in [0.4, 0.5) is 0 Å². The molecule has 2 aromatic rings. The Hall–Kier alpha value is -0.336. The standard InChI is InChI=1S/C11H12N2.CH3.Y/c1-8(2)9-4-3-5-10-11(9)13-7-6-12-10;;/h3-8H,1-2H3;1H3;/q;-1;. The molecule has 15 heavy (non-hydrogen) atoms. The summed E-state index contributed by atoms with van der Waals surface area (Å²) in [7, 11) is 0. The van der Waals surface area contributed by atoms with Crippen molar-refractivity contribution in [2.45, 2.75) is 19.8 Å². The molecule has 0 aliphatic rings. The molecule has 0 saturated carbocycles. The molecule has 0 spiro atoms. The number of nitrogens with zero attached hydrogens (tertiary/aromatic N) is 2. The summed E-state index contributed by atoms with van der Waals surface area (Å²) in [6.07, 6.45) is 3.47. The first-order valence-corrected chi connectivity index (χ1v) is 4.48. The molecule has 2 nitrogen and oxygen atoms in total. The molecule has 1 aromatic carbocycles. The van der Waals surface area contributed by atoms with Crippen LogP contribution in [0.2, 0.25) is 0 Å². The van der Waals surface area contributed by atoms with Gasteiger partial charge in [0.15, 0.2) is 0 Å². The van der Waals surface area contributed by atoms with Crippen molar-refractivity contribution in [3.63, 3.8) is 0 Å². The molecule has 0 amide bonds. The molecular weight excluding hydrogens is 261 g/mol. The molecule has 0 saturated heterocycles. The van der Waals surface area contributed by atoms with Crippen molar-refractivity contribution >= 4 is 11.0 Å². The topological polar surface area (TPSA) is 25.8 Å². The number of benzene rings is 1. The van der Waals surface area contributed by atoms with Crippen molar-refractivity contribution in [1.82, 2.24) is 9.97 Å². The molecule has 0 fully saturated rings. The van der Waals surface area contributed by atoms with Gasteiger partial charge in [-0.2, -0.15) is 0 Å². The normalized spacial score (nSPS) is 9.53. The summed E-state index contributed by atoms with van der Waals surface area (Å²) in [4.78, 5) is 8.60. The van der Waals surface area contributed by atoms with E-state index in [4.69, 9.17) is 0 Å². The Labute approximate surface area is 116 Å². The Morgan fingerprint density at radius 3 is 2.40 bits per heavy atom. The van der Waals surface area contributed by atoms with Gasteiger partial charge < -0.3 is 7.43 Å². The number of fused-ring (bicyclic) bond motifs is 1. The molecule has 0 atom stereocenters. The van der Waals surface area contributed by atoms with E-state index < -0.39 is 0 Å². The van der Waals surface area contributed by atoms with Crippen LogP contribution in [-0.4, -0.2) is 9.97 Å². The van der Waals surface area contributed by atoms with Crippen LogP contribution in [0, 0.1) is 7.43 Å². The molecular formula is C12H15N2Y-. The van der Waals surface area contributed by atoms with E-state index in [0.717, 1.165) is 11.0 Å². The van der Waals surface area contributed by atoms with Crippen molar-refractivity contribution in [1.29, 1.82) is 0 Å². The summed E-state index contributed by atoms with van der Waals surface area (Å²) in [5.41, 5.74) is 3.28. The molecule has 0 aliphatic heterocycles. The van der Waals surface area contributed by atoms with Crippen LogP contribution in [0.25, 0.3) is 11.0 Å². The predicted molar refractivity (Wildman–Crippen MR) is 60.0 cm³/mol. The summed E-state index contributed by atoms with van der Waals surface area (Å²) in [6.45, 7) is 4.34. The van der Waals surface area contributed by atoms with E-state index in [-0.39, 0.29) is 40.1 Å². The molecule has 1 radical (unpaired) electrons. The number of hydrogen-bond acceptors (Lipinski definition) is 2. The number of hydrogen-bond donors (Lipinski definition) is 0. The Morgan fingerprint density at radius 2 is 1.73 bits per heavy atom. The zero-order valence-corrected chi connectivity index (χ0v) is 12.3. The first kappa shape index (κ1) is 14.7. The zero-order chi connectivity index (χ0) is 9.26. The predicted octanol–water partition coefficient (Wildman–Crippen LogP) is 3.20. The molecule has 1 heterocycles. The second-order valence-electron chi connectivity index (χ2n) is 3.43. The van der Waals surface area contributed by atoms with E-state index in [2.05, 4.69) is 29.9 Å². The average molecular weight is 276 g/mol. The number of rotatable bonds is 1. The SMILES string of the molecule is CC(C)c1cccc2nccnc12.[CH3-].[Y]. The Balaban J connectivity index is 0.000000980. The molecule has 0 N–H and O–H groups in total. The summed E-state index contributed by atoms with van der Waals surface area (Å²) in [6, 6.07) is 6.14. The third-order valence-electron chi connectivity index (χ3n) is 2.15. The summed E-state index contributed by atoms with van der Waals surface area (Å²) >= 11 is 0. The molecule has 1 aromatic heterocycles. The van der Waals surface area contributed by atoms with Gasteiger partial charge in [0.25, 0.3) is 0 Å². The summed E-state index contributed by atoms with van der Waals surface area (Å²) < 4.78 is 0. The summed E-state index contributed by atoms with van der Waals surface area (Å²) in [5, 5.41) is 0. The molecule has 0 aliphatic carbocycles. The van der Waals surface area contributed by atoms with E-state index in [0.29, 0.717) is 5.92 Å². The molecule has 77 valence electrons. The minimum atomic E-state index is 0. The van der Waals surface area contributed by atoms with Gasteiger partial charge in [0.1, 0.15) is 0 Å². The fourth-order valence-corrected chi connectivity index (χ4v) is 1.48. The smallest absolute Gasteiger partial charge is 0.0921 e. The second kappa shape index (κ2) is 6.29. The van der Waals surface area contributed by atoms with Gasteiger partial charge in [0, 0.05) is 45.1 Å². The van der Waals surface area contributed by atoms with Crippen LogP contribution < -0.4 is 0 Å². The Bertz CT molecular complexity index is 421. The third-order valence-corrected chi connectivity index (χ3v) is 2.15. The first-order chi connectivity index (χ1) is 6.29. The van der Waals surface area contributed by atoms with E-state index in [1.54, 1.807) is 12.4 Å². The van der Waals surface area contributed by atoms with Crippen LogP contribution in [0.3, 0.4) is 0 Å². The van der Waals surface area contributed by atoms with Gasteiger partial charge in [0.05, 0.1) is 11.0 Å². The van der Waals surface area contributed by atoms with Crippen molar-refractivity contribution in [2.24, 2.45) is 0 Å². The van der Waals surface area contributed by atoms with Gasteiger partial charge in [0.2, 0.25) is 0 Å². The van der Waals surface area contributed by atoms with Crippen LogP contribution in [0.15, 0.2) is 30.6 Å². The van der Waals surface area contributed by atoms with Crippen LogP contribution >= 0.6 is 0 Å². The molecule has 2 rings (SSSR count). The quantitative estimate of drug-likeness (QED) is 0.747. The minimum Gasteiger partial charge on any atom is -0.358 e. The van der Waals surface area contributed by atoms with Gasteiger partial charge in [-0.05, 0) is 17.5 Å². The van der Waals surface area contributed by atoms with Crippen molar-refractivity contribution in [3.8, 4) is 0 Å². The van der Waals surface area contributed by atoms with Crippen LogP contribution in [0.1, 0.15) is 25.3 Å². The Kier molecular flexibility index (Phi) is 6.15. The van der Waals surface area contributed by atoms with Gasteiger partial charge in [-0.1, -0.05) is 26.0 Å². The minimum absolute atomic E-state index is 0. The van der Waals surface area contributed by atoms with Crippen LogP contribution in [-0.2, 0) is 32.7 Å². The van der Waals surface area contributed by atoms with Gasteiger partial charge >= 0.3 is 0 Å². The molecule has 0 unspecified atom stereocenters. The maximum Gasteiger partial charge on any atom is 0.0921 e. The number of para-hydroxylation sites is 1. The second-order valence-corrected chi connectivity index (χ2v) is 3.43. The third kappa shape index (κ3) is 3.06. The van der Waals surface area contributed by atoms with Crippen molar-refractivity contribution < 1.29 is 32.7 Å². The van der Waals surface area contributed by atoms with E-state index in [1.165, 1.54) is 5.56 Å². The summed E-state index contributed by atoms with van der Waals surface area (Å²) in [5.74, 6) is 0.500. The Morgan fingerprint density at radius 1 is 1.07 bits per heavy atom. The monoisotopic (exact) mass is 276 g/mol. The average Bonchev–Trinajstić information content (AvgIpc) is 2.17. The van der Waals surface area contributed by atoms with Gasteiger partial charge in [-0.3, -0.25) is 9.97 Å².